The van der Waals surface area contributed by atoms with E-state index >= 15 is 0 Å². The van der Waals surface area contributed by atoms with Crippen molar-refractivity contribution < 1.29 is 4.79 Å². The number of fused-ring (bicyclic) bond motifs is 2. The molecule has 5 heterocycles. The molecule has 32 heavy (non-hydrogen) atoms. The lowest BCUT2D eigenvalue weighted by atomic mass is 10.0. The van der Waals surface area contributed by atoms with Crippen LogP contribution in [-0.2, 0) is 6.54 Å². The van der Waals surface area contributed by atoms with Crippen molar-refractivity contribution in [3.05, 3.63) is 54.2 Å². The Hall–Kier alpha value is -4.12. The fourth-order valence-corrected chi connectivity index (χ4v) is 4.04. The molecule has 160 valence electrons. The van der Waals surface area contributed by atoms with Crippen molar-refractivity contribution in [1.29, 1.82) is 0 Å². The Labute approximate surface area is 182 Å². The lowest BCUT2D eigenvalue weighted by Crippen LogP contribution is -2.44. The summed E-state index contributed by atoms with van der Waals surface area (Å²) >= 11 is 0. The van der Waals surface area contributed by atoms with E-state index in [1.54, 1.807) is 23.1 Å². The lowest BCUT2D eigenvalue weighted by molar-refractivity contribution is 0.0966. The number of rotatable bonds is 4. The molecular weight excluding hydrogens is 408 g/mol. The molecule has 3 N–H and O–H groups in total. The van der Waals surface area contributed by atoms with Gasteiger partial charge in [0.25, 0.3) is 5.91 Å². The van der Waals surface area contributed by atoms with Crippen LogP contribution in [0.2, 0.25) is 0 Å². The predicted octanol–water partition coefficient (Wildman–Crippen LogP) is 0.978. The third kappa shape index (κ3) is 3.19. The molecule has 1 aromatic carbocycles. The molecule has 2 aliphatic heterocycles. The van der Waals surface area contributed by atoms with Gasteiger partial charge in [0.1, 0.15) is 6.33 Å². The van der Waals surface area contributed by atoms with Gasteiger partial charge in [-0.2, -0.15) is 5.10 Å². The number of anilines is 3. The molecule has 4 aromatic rings. The molecule has 1 amide bonds. The van der Waals surface area contributed by atoms with Gasteiger partial charge in [0.05, 0.1) is 30.0 Å². The van der Waals surface area contributed by atoms with Crippen molar-refractivity contribution in [3.8, 4) is 11.3 Å². The van der Waals surface area contributed by atoms with Gasteiger partial charge in [-0.25, -0.2) is 24.5 Å². The van der Waals surface area contributed by atoms with Crippen LogP contribution in [0.3, 0.4) is 0 Å². The molecular formula is C21H20N10O. The highest BCUT2D eigenvalue weighted by Gasteiger charge is 2.20. The van der Waals surface area contributed by atoms with Gasteiger partial charge in [-0.3, -0.25) is 4.79 Å². The second kappa shape index (κ2) is 7.54. The molecule has 1 fully saturated rings. The van der Waals surface area contributed by atoms with E-state index in [4.69, 9.17) is 0 Å². The SMILES string of the molecule is O=C1NCc2cc(-c3cnc(Nc4cnc(N5CCNCC5)nc4)c4ncnn34)ccc21. The number of carbonyl (C=O) groups excluding carboxylic acids is 1. The summed E-state index contributed by atoms with van der Waals surface area (Å²) < 4.78 is 1.73. The van der Waals surface area contributed by atoms with Crippen LogP contribution in [0, 0.1) is 0 Å². The van der Waals surface area contributed by atoms with Crippen LogP contribution in [0.5, 0.6) is 0 Å². The van der Waals surface area contributed by atoms with Crippen LogP contribution < -0.4 is 20.9 Å². The quantitative estimate of drug-likeness (QED) is 0.436. The number of piperazine rings is 1. The minimum Gasteiger partial charge on any atom is -0.348 e. The van der Waals surface area contributed by atoms with Crippen LogP contribution in [-0.4, -0.2) is 61.6 Å². The van der Waals surface area contributed by atoms with Gasteiger partial charge in [0, 0.05) is 43.9 Å². The summed E-state index contributed by atoms with van der Waals surface area (Å²) in [6.45, 7) is 4.18. The Morgan fingerprint density at radius 2 is 1.84 bits per heavy atom. The number of amides is 1. The minimum absolute atomic E-state index is 0.0414. The summed E-state index contributed by atoms with van der Waals surface area (Å²) in [4.78, 5) is 31.9. The Balaban J connectivity index is 1.29. The molecule has 0 saturated carbocycles. The Morgan fingerprint density at radius 1 is 1.00 bits per heavy atom. The number of aromatic nitrogens is 6. The highest BCUT2D eigenvalue weighted by Crippen LogP contribution is 2.27. The van der Waals surface area contributed by atoms with E-state index in [1.807, 2.05) is 18.2 Å². The van der Waals surface area contributed by atoms with E-state index in [-0.39, 0.29) is 5.91 Å². The molecule has 0 bridgehead atoms. The number of hydrogen-bond acceptors (Lipinski definition) is 9. The number of hydrogen-bond donors (Lipinski definition) is 3. The van der Waals surface area contributed by atoms with Gasteiger partial charge in [0.2, 0.25) is 5.95 Å². The van der Waals surface area contributed by atoms with Crippen molar-refractivity contribution in [2.45, 2.75) is 6.54 Å². The number of nitrogens with one attached hydrogen (secondary N) is 3. The van der Waals surface area contributed by atoms with E-state index in [0.29, 0.717) is 23.6 Å². The molecule has 0 spiro atoms. The first kappa shape index (κ1) is 18.6. The van der Waals surface area contributed by atoms with Gasteiger partial charge in [-0.1, -0.05) is 6.07 Å². The van der Waals surface area contributed by atoms with Crippen molar-refractivity contribution in [2.75, 3.05) is 36.4 Å². The van der Waals surface area contributed by atoms with E-state index in [9.17, 15) is 4.79 Å². The zero-order valence-electron chi connectivity index (χ0n) is 17.1. The summed E-state index contributed by atoms with van der Waals surface area (Å²) in [5, 5.41) is 13.8. The zero-order valence-corrected chi connectivity index (χ0v) is 17.1. The van der Waals surface area contributed by atoms with Crippen LogP contribution in [0.15, 0.2) is 43.1 Å². The van der Waals surface area contributed by atoms with Crippen molar-refractivity contribution in [3.63, 3.8) is 0 Å². The third-order valence-electron chi connectivity index (χ3n) is 5.69. The van der Waals surface area contributed by atoms with E-state index < -0.39 is 0 Å². The second-order valence-corrected chi connectivity index (χ2v) is 7.68. The average molecular weight is 428 g/mol. The first-order valence-electron chi connectivity index (χ1n) is 10.4. The summed E-state index contributed by atoms with van der Waals surface area (Å²) in [6.07, 6.45) is 6.73. The van der Waals surface area contributed by atoms with Crippen LogP contribution >= 0.6 is 0 Å². The summed E-state index contributed by atoms with van der Waals surface area (Å²) in [5.74, 6) is 1.24. The standard InChI is InChI=1S/C21H20N10O/c32-20-16-2-1-13(7-14(16)8-24-20)17-11-23-18(19-27-12-28-31(17)19)29-15-9-25-21(26-10-15)30-5-3-22-4-6-30/h1-2,7,9-12,22H,3-6,8H2,(H,23,29)(H,24,32). The summed E-state index contributed by atoms with van der Waals surface area (Å²) in [6, 6.07) is 5.72. The van der Waals surface area contributed by atoms with Crippen LogP contribution in [0.1, 0.15) is 15.9 Å². The topological polar surface area (TPSA) is 125 Å². The molecule has 0 unspecified atom stereocenters. The highest BCUT2D eigenvalue weighted by molar-refractivity contribution is 5.98. The van der Waals surface area contributed by atoms with E-state index in [1.165, 1.54) is 6.33 Å². The molecule has 0 aliphatic carbocycles. The molecule has 6 rings (SSSR count). The Kier molecular flexibility index (Phi) is 4.39. The molecule has 0 atom stereocenters. The maximum Gasteiger partial charge on any atom is 0.251 e. The number of carbonyl (C=O) groups is 1. The smallest absolute Gasteiger partial charge is 0.251 e. The second-order valence-electron chi connectivity index (χ2n) is 7.68. The Bertz CT molecular complexity index is 1310. The van der Waals surface area contributed by atoms with Crippen LogP contribution in [0.4, 0.5) is 17.5 Å². The average Bonchev–Trinajstić information content (AvgIpc) is 3.48. The van der Waals surface area contributed by atoms with Crippen molar-refractivity contribution in [1.82, 2.24) is 40.2 Å². The zero-order chi connectivity index (χ0) is 21.5. The predicted molar refractivity (Wildman–Crippen MR) is 118 cm³/mol. The van der Waals surface area contributed by atoms with Gasteiger partial charge in [-0.05, 0) is 17.7 Å². The minimum atomic E-state index is -0.0414. The molecule has 11 nitrogen and oxygen atoms in total. The Morgan fingerprint density at radius 3 is 2.69 bits per heavy atom. The maximum absolute atomic E-state index is 11.8. The third-order valence-corrected chi connectivity index (χ3v) is 5.69. The van der Waals surface area contributed by atoms with Crippen molar-refractivity contribution in [2.24, 2.45) is 0 Å². The molecule has 0 radical (unpaired) electrons. The van der Waals surface area contributed by atoms with Gasteiger partial charge in [-0.15, -0.1) is 0 Å². The number of nitrogens with zero attached hydrogens (tertiary/aromatic N) is 7. The fourth-order valence-electron chi connectivity index (χ4n) is 4.04. The highest BCUT2D eigenvalue weighted by atomic mass is 16.1. The van der Waals surface area contributed by atoms with Gasteiger partial charge in [0.15, 0.2) is 11.5 Å². The fraction of sp³-hybridized carbons (Fsp3) is 0.238. The van der Waals surface area contributed by atoms with Gasteiger partial charge >= 0.3 is 0 Å². The van der Waals surface area contributed by atoms with Gasteiger partial charge < -0.3 is 20.9 Å². The molecule has 3 aromatic heterocycles. The first-order chi connectivity index (χ1) is 15.8. The monoisotopic (exact) mass is 428 g/mol. The molecule has 1 saturated heterocycles. The van der Waals surface area contributed by atoms with Crippen LogP contribution in [0.25, 0.3) is 16.9 Å². The molecule has 2 aliphatic rings. The first-order valence-corrected chi connectivity index (χ1v) is 10.4. The summed E-state index contributed by atoms with van der Waals surface area (Å²) in [5.41, 5.74) is 4.68. The number of benzene rings is 1. The molecule has 11 heteroatoms. The van der Waals surface area contributed by atoms with E-state index in [2.05, 4.69) is 45.9 Å². The largest absolute Gasteiger partial charge is 0.348 e. The van der Waals surface area contributed by atoms with Crippen molar-refractivity contribution >= 4 is 29.0 Å². The van der Waals surface area contributed by atoms with E-state index in [0.717, 1.165) is 54.6 Å². The maximum atomic E-state index is 11.8. The lowest BCUT2D eigenvalue weighted by Gasteiger charge is -2.27. The summed E-state index contributed by atoms with van der Waals surface area (Å²) in [7, 11) is 0. The normalized spacial score (nSPS) is 15.6.